The van der Waals surface area contributed by atoms with Crippen molar-refractivity contribution in [3.05, 3.63) is 77.5 Å². The van der Waals surface area contributed by atoms with Gasteiger partial charge in [0, 0.05) is 47.5 Å². The van der Waals surface area contributed by atoms with E-state index in [-0.39, 0.29) is 5.41 Å². The van der Waals surface area contributed by atoms with Gasteiger partial charge in [-0.15, -0.1) is 0 Å². The molecular formula is C32H38N6O4. The molecule has 2 heterocycles. The highest BCUT2D eigenvalue weighted by Crippen LogP contribution is 2.32. The molecule has 42 heavy (non-hydrogen) atoms. The van der Waals surface area contributed by atoms with E-state index >= 15 is 0 Å². The summed E-state index contributed by atoms with van der Waals surface area (Å²) in [5, 5.41) is 12.5. The molecule has 1 aromatic heterocycles. The number of nitrogens with one attached hydrogen (secondary N) is 2. The average molecular weight is 571 g/mol. The molecule has 3 amide bonds. The number of carbonyl (C=O) groups is 2. The topological polar surface area (TPSA) is 124 Å². The van der Waals surface area contributed by atoms with Crippen LogP contribution in [0.5, 0.6) is 5.75 Å². The SMILES string of the molecule is Cc1c(C(N)=O)cccc1-n1nc(C(C)(C)C)cc1NC(=O)Nc1ccc(OCCN2CCOCC2)c2ccccc12. The zero-order chi connectivity index (χ0) is 29.9. The van der Waals surface area contributed by atoms with Gasteiger partial charge in [-0.2, -0.15) is 5.10 Å². The number of hydrogen-bond donors (Lipinski definition) is 3. The minimum Gasteiger partial charge on any atom is -0.492 e. The van der Waals surface area contributed by atoms with Gasteiger partial charge >= 0.3 is 6.03 Å². The van der Waals surface area contributed by atoms with E-state index in [1.807, 2.05) is 76.2 Å². The van der Waals surface area contributed by atoms with Crippen LogP contribution >= 0.6 is 0 Å². The number of anilines is 2. The van der Waals surface area contributed by atoms with Gasteiger partial charge in [0.05, 0.1) is 30.3 Å². The molecule has 3 aromatic carbocycles. The zero-order valence-corrected chi connectivity index (χ0v) is 24.6. The number of morpholine rings is 1. The van der Waals surface area contributed by atoms with Gasteiger partial charge in [0.15, 0.2) is 0 Å². The molecule has 0 atom stereocenters. The first-order valence-electron chi connectivity index (χ1n) is 14.1. The van der Waals surface area contributed by atoms with Crippen LogP contribution in [0.2, 0.25) is 0 Å². The Kier molecular flexibility index (Phi) is 8.46. The van der Waals surface area contributed by atoms with Crippen molar-refractivity contribution in [2.45, 2.75) is 33.1 Å². The molecule has 0 saturated carbocycles. The molecule has 1 fully saturated rings. The summed E-state index contributed by atoms with van der Waals surface area (Å²) in [5.74, 6) is 0.710. The molecular weight excluding hydrogens is 532 g/mol. The third kappa shape index (κ3) is 6.40. The maximum atomic E-state index is 13.4. The number of carbonyl (C=O) groups excluding carboxylic acids is 2. The maximum Gasteiger partial charge on any atom is 0.324 e. The molecule has 1 aliphatic heterocycles. The Morgan fingerprint density at radius 2 is 1.74 bits per heavy atom. The van der Waals surface area contributed by atoms with Crippen molar-refractivity contribution in [1.82, 2.24) is 14.7 Å². The minimum atomic E-state index is -0.523. The van der Waals surface area contributed by atoms with Crippen LogP contribution in [0.15, 0.2) is 60.7 Å². The summed E-state index contributed by atoms with van der Waals surface area (Å²) in [6.07, 6.45) is 0. The van der Waals surface area contributed by atoms with E-state index in [0.717, 1.165) is 55.1 Å². The summed E-state index contributed by atoms with van der Waals surface area (Å²) < 4.78 is 13.2. The number of fused-ring (bicyclic) bond motifs is 1. The molecule has 0 spiro atoms. The fourth-order valence-electron chi connectivity index (χ4n) is 5.03. The standard InChI is InChI=1S/C32H38N6O4/c1-21-22(30(33)39)10-7-11-26(21)38-29(20-28(36-38)32(2,3)4)35-31(40)34-25-12-13-27(24-9-6-5-8-23(24)25)42-19-16-37-14-17-41-18-15-37/h5-13,20H,14-19H2,1-4H3,(H2,33,39)(H2,34,35,40). The van der Waals surface area contributed by atoms with Crippen LogP contribution in [-0.2, 0) is 10.2 Å². The molecule has 1 saturated heterocycles. The van der Waals surface area contributed by atoms with Crippen molar-refractivity contribution < 1.29 is 19.1 Å². The lowest BCUT2D eigenvalue weighted by Gasteiger charge is -2.26. The smallest absolute Gasteiger partial charge is 0.324 e. The Morgan fingerprint density at radius 3 is 2.45 bits per heavy atom. The first kappa shape index (κ1) is 29.1. The number of rotatable bonds is 8. The van der Waals surface area contributed by atoms with Gasteiger partial charge in [-0.1, -0.05) is 51.1 Å². The van der Waals surface area contributed by atoms with E-state index in [4.69, 9.17) is 20.3 Å². The largest absolute Gasteiger partial charge is 0.492 e. The maximum absolute atomic E-state index is 13.4. The van der Waals surface area contributed by atoms with Crippen LogP contribution < -0.4 is 21.1 Å². The van der Waals surface area contributed by atoms with Gasteiger partial charge in [-0.3, -0.25) is 15.0 Å². The Labute approximate surface area is 245 Å². The summed E-state index contributed by atoms with van der Waals surface area (Å²) in [6, 6.07) is 18.3. The van der Waals surface area contributed by atoms with Crippen molar-refractivity contribution in [2.24, 2.45) is 5.73 Å². The molecule has 220 valence electrons. The van der Waals surface area contributed by atoms with Crippen LogP contribution in [0.3, 0.4) is 0 Å². The van der Waals surface area contributed by atoms with Crippen molar-refractivity contribution in [3.8, 4) is 11.4 Å². The second kappa shape index (κ2) is 12.2. The summed E-state index contributed by atoms with van der Waals surface area (Å²) >= 11 is 0. The average Bonchev–Trinajstić information content (AvgIpc) is 3.38. The second-order valence-corrected chi connectivity index (χ2v) is 11.4. The normalized spacial score (nSPS) is 14.1. The van der Waals surface area contributed by atoms with Crippen LogP contribution in [-0.4, -0.2) is 66.1 Å². The lowest BCUT2D eigenvalue weighted by atomic mass is 9.92. The molecule has 0 radical (unpaired) electrons. The van der Waals surface area contributed by atoms with Crippen molar-refractivity contribution in [1.29, 1.82) is 0 Å². The lowest BCUT2D eigenvalue weighted by molar-refractivity contribution is 0.0323. The van der Waals surface area contributed by atoms with Crippen LogP contribution in [0.25, 0.3) is 16.5 Å². The minimum absolute atomic E-state index is 0.277. The van der Waals surface area contributed by atoms with Gasteiger partial charge in [-0.05, 0) is 36.8 Å². The fraction of sp³-hybridized carbons (Fsp3) is 0.344. The Balaban J connectivity index is 1.38. The van der Waals surface area contributed by atoms with Gasteiger partial charge in [0.25, 0.3) is 0 Å². The Morgan fingerprint density at radius 1 is 1.00 bits per heavy atom. The Bertz CT molecular complexity index is 1600. The van der Waals surface area contributed by atoms with E-state index in [0.29, 0.717) is 34.9 Å². The van der Waals surface area contributed by atoms with E-state index in [9.17, 15) is 9.59 Å². The quantitative estimate of drug-likeness (QED) is 0.271. The first-order chi connectivity index (χ1) is 20.1. The van der Waals surface area contributed by atoms with E-state index in [1.54, 1.807) is 16.8 Å². The third-order valence-corrected chi connectivity index (χ3v) is 7.42. The van der Waals surface area contributed by atoms with Crippen molar-refractivity contribution in [3.63, 3.8) is 0 Å². The van der Waals surface area contributed by atoms with Gasteiger partial charge in [0.1, 0.15) is 18.2 Å². The number of aromatic nitrogens is 2. The number of nitrogens with two attached hydrogens (primary N) is 1. The highest BCUT2D eigenvalue weighted by molar-refractivity contribution is 6.07. The highest BCUT2D eigenvalue weighted by Gasteiger charge is 2.23. The summed E-state index contributed by atoms with van der Waals surface area (Å²) in [4.78, 5) is 27.7. The van der Waals surface area contributed by atoms with Crippen LogP contribution in [0, 0.1) is 6.92 Å². The Hall–Kier alpha value is -4.41. The molecule has 1 aliphatic rings. The van der Waals surface area contributed by atoms with E-state index in [2.05, 4.69) is 15.5 Å². The molecule has 4 N–H and O–H groups in total. The number of benzene rings is 3. The first-order valence-corrected chi connectivity index (χ1v) is 14.1. The third-order valence-electron chi connectivity index (χ3n) is 7.42. The molecule has 0 unspecified atom stereocenters. The summed E-state index contributed by atoms with van der Waals surface area (Å²) in [5.41, 5.74) is 8.48. The summed E-state index contributed by atoms with van der Waals surface area (Å²) in [7, 11) is 0. The number of hydrogen-bond acceptors (Lipinski definition) is 6. The number of primary amides is 1. The number of amides is 3. The highest BCUT2D eigenvalue weighted by atomic mass is 16.5. The molecule has 10 nitrogen and oxygen atoms in total. The van der Waals surface area contributed by atoms with Crippen LogP contribution in [0.1, 0.15) is 42.4 Å². The second-order valence-electron chi connectivity index (χ2n) is 11.4. The number of nitrogens with zero attached hydrogens (tertiary/aromatic N) is 3. The van der Waals surface area contributed by atoms with Crippen molar-refractivity contribution >= 4 is 34.2 Å². The fourth-order valence-corrected chi connectivity index (χ4v) is 5.03. The van der Waals surface area contributed by atoms with Gasteiger partial charge in [-0.25, -0.2) is 9.48 Å². The zero-order valence-electron chi connectivity index (χ0n) is 24.6. The van der Waals surface area contributed by atoms with E-state index in [1.165, 1.54) is 0 Å². The molecule has 0 aliphatic carbocycles. The van der Waals surface area contributed by atoms with Gasteiger partial charge < -0.3 is 20.5 Å². The van der Waals surface area contributed by atoms with Crippen LogP contribution in [0.4, 0.5) is 16.3 Å². The lowest BCUT2D eigenvalue weighted by Crippen LogP contribution is -2.38. The monoisotopic (exact) mass is 570 g/mol. The van der Waals surface area contributed by atoms with E-state index < -0.39 is 11.9 Å². The molecule has 5 rings (SSSR count). The summed E-state index contributed by atoms with van der Waals surface area (Å²) in [6.45, 7) is 12.7. The molecule has 0 bridgehead atoms. The predicted octanol–water partition coefficient (Wildman–Crippen LogP) is 5.09. The van der Waals surface area contributed by atoms with Gasteiger partial charge in [0.2, 0.25) is 5.91 Å². The molecule has 4 aromatic rings. The number of urea groups is 1. The number of ether oxygens (including phenoxy) is 2. The van der Waals surface area contributed by atoms with Crippen molar-refractivity contribution in [2.75, 3.05) is 50.1 Å². The predicted molar refractivity (Wildman–Crippen MR) is 165 cm³/mol. The molecule has 10 heteroatoms.